The quantitative estimate of drug-likeness (QED) is 0.216. The van der Waals surface area contributed by atoms with Crippen molar-refractivity contribution in [3.8, 4) is 5.75 Å². The topological polar surface area (TPSA) is 79.5 Å². The van der Waals surface area contributed by atoms with Crippen LogP contribution in [0.4, 0.5) is 4.39 Å². The number of hydrogen-bond acceptors (Lipinski definition) is 5. The molecule has 2 amide bonds. The van der Waals surface area contributed by atoms with Crippen molar-refractivity contribution in [2.75, 3.05) is 13.2 Å². The third-order valence-corrected chi connectivity index (χ3v) is 5.30. The lowest BCUT2D eigenvalue weighted by Crippen LogP contribution is -2.35. The molecule has 0 bridgehead atoms. The molecule has 1 aliphatic carbocycles. The minimum absolute atomic E-state index is 0.0519. The summed E-state index contributed by atoms with van der Waals surface area (Å²) in [6, 6.07) is 5.09. The summed E-state index contributed by atoms with van der Waals surface area (Å²) >= 11 is 0. The van der Waals surface area contributed by atoms with Gasteiger partial charge in [0.15, 0.2) is 11.6 Å². The highest BCUT2D eigenvalue weighted by atomic mass is 19.1. The van der Waals surface area contributed by atoms with E-state index in [-0.39, 0.29) is 36.0 Å². The number of rotatable bonds is 12. The fourth-order valence-corrected chi connectivity index (χ4v) is 3.29. The second kappa shape index (κ2) is 10.5. The fourth-order valence-electron chi connectivity index (χ4n) is 3.29. The number of nitrogens with one attached hydrogen (secondary N) is 3. The summed E-state index contributed by atoms with van der Waals surface area (Å²) < 4.78 is 19.6. The van der Waals surface area contributed by atoms with Gasteiger partial charge in [0, 0.05) is 19.0 Å². The van der Waals surface area contributed by atoms with Crippen LogP contribution in [-0.4, -0.2) is 25.0 Å². The summed E-state index contributed by atoms with van der Waals surface area (Å²) in [6.45, 7) is 3.38. The van der Waals surface area contributed by atoms with Crippen molar-refractivity contribution in [1.29, 1.82) is 0 Å². The first kappa shape index (κ1) is 21.5. The molecule has 3 rings (SSSR count). The SMILES string of the molecule is CCC(NNCC/C=C/CC1CC(=O)NC1=O)c1ccc(F)c(OCC2CC2)c1. The molecule has 3 N–H and O–H groups in total. The van der Waals surface area contributed by atoms with Crippen molar-refractivity contribution in [3.63, 3.8) is 0 Å². The molecule has 6 nitrogen and oxygen atoms in total. The molecule has 1 aromatic rings. The Bertz CT molecular complexity index is 749. The highest BCUT2D eigenvalue weighted by molar-refractivity contribution is 6.03. The Morgan fingerprint density at radius 1 is 1.31 bits per heavy atom. The lowest BCUT2D eigenvalue weighted by atomic mass is 10.0. The van der Waals surface area contributed by atoms with E-state index < -0.39 is 0 Å². The first-order valence-electron chi connectivity index (χ1n) is 10.5. The Balaban J connectivity index is 1.38. The van der Waals surface area contributed by atoms with Crippen molar-refractivity contribution >= 4 is 11.8 Å². The van der Waals surface area contributed by atoms with Crippen LogP contribution >= 0.6 is 0 Å². The number of ether oxygens (including phenoxy) is 1. The molecular formula is C22H30FN3O3. The van der Waals surface area contributed by atoms with Crippen LogP contribution in [0.15, 0.2) is 30.4 Å². The largest absolute Gasteiger partial charge is 0.490 e. The highest BCUT2D eigenvalue weighted by Gasteiger charge is 2.29. The van der Waals surface area contributed by atoms with Gasteiger partial charge in [-0.05, 0) is 55.7 Å². The normalized spacial score (nSPS) is 20.3. The minimum Gasteiger partial charge on any atom is -0.490 e. The fraction of sp³-hybridized carbons (Fsp3) is 0.545. The van der Waals surface area contributed by atoms with E-state index in [1.165, 1.54) is 18.9 Å². The zero-order valence-corrected chi connectivity index (χ0v) is 16.9. The number of carbonyl (C=O) groups is 2. The molecule has 1 aliphatic heterocycles. The second-order valence-electron chi connectivity index (χ2n) is 7.79. The second-order valence-corrected chi connectivity index (χ2v) is 7.79. The van der Waals surface area contributed by atoms with Crippen molar-refractivity contribution in [1.82, 2.24) is 16.2 Å². The number of amides is 2. The van der Waals surface area contributed by atoms with E-state index in [4.69, 9.17) is 4.74 Å². The van der Waals surface area contributed by atoms with Gasteiger partial charge < -0.3 is 4.74 Å². The van der Waals surface area contributed by atoms with Crippen LogP contribution in [0.3, 0.4) is 0 Å². The van der Waals surface area contributed by atoms with Gasteiger partial charge in [-0.15, -0.1) is 0 Å². The number of hydrogen-bond donors (Lipinski definition) is 3. The van der Waals surface area contributed by atoms with E-state index in [1.54, 1.807) is 12.1 Å². The summed E-state index contributed by atoms with van der Waals surface area (Å²) in [5, 5.41) is 2.32. The summed E-state index contributed by atoms with van der Waals surface area (Å²) in [5.41, 5.74) is 7.47. The summed E-state index contributed by atoms with van der Waals surface area (Å²) in [7, 11) is 0. The summed E-state index contributed by atoms with van der Waals surface area (Å²) in [6.07, 6.45) is 8.81. The van der Waals surface area contributed by atoms with Gasteiger partial charge in [0.2, 0.25) is 11.8 Å². The lowest BCUT2D eigenvalue weighted by Gasteiger charge is -2.19. The molecule has 7 heteroatoms. The third kappa shape index (κ3) is 6.65. The van der Waals surface area contributed by atoms with Gasteiger partial charge >= 0.3 is 0 Å². The van der Waals surface area contributed by atoms with Crippen LogP contribution in [0.5, 0.6) is 5.75 Å². The Morgan fingerprint density at radius 2 is 2.14 bits per heavy atom. The van der Waals surface area contributed by atoms with E-state index in [9.17, 15) is 14.0 Å². The van der Waals surface area contributed by atoms with Crippen LogP contribution < -0.4 is 20.9 Å². The number of allylic oxidation sites excluding steroid dienone is 1. The third-order valence-electron chi connectivity index (χ3n) is 5.30. The Hall–Kier alpha value is -2.25. The predicted molar refractivity (Wildman–Crippen MR) is 108 cm³/mol. The van der Waals surface area contributed by atoms with Crippen LogP contribution in [0, 0.1) is 17.7 Å². The molecule has 2 aliphatic rings. The molecule has 1 saturated carbocycles. The lowest BCUT2D eigenvalue weighted by molar-refractivity contribution is -0.125. The maximum absolute atomic E-state index is 14.0. The van der Waals surface area contributed by atoms with Crippen LogP contribution in [0.2, 0.25) is 0 Å². The molecule has 2 fully saturated rings. The Morgan fingerprint density at radius 3 is 2.83 bits per heavy atom. The van der Waals surface area contributed by atoms with E-state index in [0.717, 1.165) is 24.9 Å². The van der Waals surface area contributed by atoms with E-state index in [2.05, 4.69) is 23.1 Å². The molecule has 0 radical (unpaired) electrons. The maximum Gasteiger partial charge on any atom is 0.230 e. The van der Waals surface area contributed by atoms with Gasteiger partial charge in [-0.25, -0.2) is 4.39 Å². The molecule has 0 aromatic heterocycles. The number of halogens is 1. The number of hydrazine groups is 1. The molecular weight excluding hydrogens is 373 g/mol. The van der Waals surface area contributed by atoms with E-state index in [1.807, 2.05) is 12.2 Å². The van der Waals surface area contributed by atoms with Crippen molar-refractivity contribution < 1.29 is 18.7 Å². The highest BCUT2D eigenvalue weighted by Crippen LogP contribution is 2.31. The van der Waals surface area contributed by atoms with Gasteiger partial charge in [-0.2, -0.15) is 0 Å². The molecule has 1 aromatic carbocycles. The molecule has 2 atom stereocenters. The zero-order valence-electron chi connectivity index (χ0n) is 16.9. The Kier molecular flexibility index (Phi) is 7.77. The molecule has 158 valence electrons. The molecule has 1 heterocycles. The van der Waals surface area contributed by atoms with Gasteiger partial charge in [0.25, 0.3) is 0 Å². The average molecular weight is 403 g/mol. The molecule has 2 unspecified atom stereocenters. The number of benzene rings is 1. The van der Waals surface area contributed by atoms with Gasteiger partial charge in [-0.3, -0.25) is 25.8 Å². The van der Waals surface area contributed by atoms with Crippen molar-refractivity contribution in [2.45, 2.75) is 51.5 Å². The predicted octanol–water partition coefficient (Wildman–Crippen LogP) is 3.16. The van der Waals surface area contributed by atoms with Gasteiger partial charge in [0.05, 0.1) is 12.5 Å². The zero-order chi connectivity index (χ0) is 20.6. The average Bonchev–Trinajstić information content (AvgIpc) is 3.47. The van der Waals surface area contributed by atoms with Gasteiger partial charge in [0.1, 0.15) is 0 Å². The van der Waals surface area contributed by atoms with Crippen LogP contribution in [0.1, 0.15) is 57.1 Å². The molecule has 29 heavy (non-hydrogen) atoms. The van der Waals surface area contributed by atoms with Crippen LogP contribution in [0.25, 0.3) is 0 Å². The number of carbonyl (C=O) groups excluding carboxylic acids is 2. The smallest absolute Gasteiger partial charge is 0.230 e. The molecule has 1 saturated heterocycles. The first-order valence-corrected chi connectivity index (χ1v) is 10.5. The Labute approximate surface area is 171 Å². The first-order chi connectivity index (χ1) is 14.1. The van der Waals surface area contributed by atoms with Crippen molar-refractivity contribution in [3.05, 3.63) is 41.7 Å². The van der Waals surface area contributed by atoms with E-state index >= 15 is 0 Å². The molecule has 0 spiro atoms. The summed E-state index contributed by atoms with van der Waals surface area (Å²) in [5.74, 6) is -0.00990. The minimum atomic E-state index is -0.319. The van der Waals surface area contributed by atoms with E-state index in [0.29, 0.717) is 24.7 Å². The maximum atomic E-state index is 14.0. The monoisotopic (exact) mass is 403 g/mol. The van der Waals surface area contributed by atoms with Crippen LogP contribution in [-0.2, 0) is 9.59 Å². The van der Waals surface area contributed by atoms with Gasteiger partial charge in [-0.1, -0.05) is 25.1 Å². The number of imide groups is 1. The van der Waals surface area contributed by atoms with Crippen molar-refractivity contribution in [2.24, 2.45) is 11.8 Å². The summed E-state index contributed by atoms with van der Waals surface area (Å²) in [4.78, 5) is 22.6. The standard InChI is InChI=1S/C22H30FN3O3/c1-2-19(16-9-10-18(23)20(12-16)29-14-15-7-8-15)26-24-11-5-3-4-6-17-13-21(27)25-22(17)28/h3-4,9-10,12,15,17,19,24,26H,2,5-8,11,13-14H2,1H3,(H,25,27,28)/b4-3+.